The smallest absolute Gasteiger partial charge is 0.312 e. The molecule has 17 heavy (non-hydrogen) atoms. The van der Waals surface area contributed by atoms with Crippen molar-refractivity contribution < 1.29 is 9.53 Å². The van der Waals surface area contributed by atoms with Crippen LogP contribution < -0.4 is 0 Å². The van der Waals surface area contributed by atoms with Gasteiger partial charge in [-0.1, -0.05) is 33.3 Å². The van der Waals surface area contributed by atoms with Gasteiger partial charge in [-0.3, -0.25) is 4.79 Å². The first-order valence-corrected chi connectivity index (χ1v) is 6.86. The number of hydrogen-bond acceptors (Lipinski definition) is 2. The third-order valence-corrected chi connectivity index (χ3v) is 3.73. The van der Waals surface area contributed by atoms with Crippen LogP contribution in [0, 0.1) is 29.7 Å². The first kappa shape index (κ1) is 14.3. The number of rotatable bonds is 5. The van der Waals surface area contributed by atoms with E-state index in [0.717, 1.165) is 12.8 Å². The van der Waals surface area contributed by atoms with E-state index in [4.69, 9.17) is 4.74 Å². The summed E-state index contributed by atoms with van der Waals surface area (Å²) in [4.78, 5) is 11.6. The molecule has 1 rings (SSSR count). The highest BCUT2D eigenvalue weighted by molar-refractivity contribution is 5.74. The highest BCUT2D eigenvalue weighted by atomic mass is 16.5. The maximum atomic E-state index is 11.6. The van der Waals surface area contributed by atoms with Crippen molar-refractivity contribution in [3.8, 4) is 0 Å². The van der Waals surface area contributed by atoms with Gasteiger partial charge in [-0.25, -0.2) is 0 Å². The summed E-state index contributed by atoms with van der Waals surface area (Å²) in [5.74, 6) is 1.75. The zero-order valence-electron chi connectivity index (χ0n) is 11.5. The topological polar surface area (TPSA) is 26.3 Å². The fourth-order valence-corrected chi connectivity index (χ4v) is 2.76. The molecule has 1 radical (unpaired) electrons. The van der Waals surface area contributed by atoms with Crippen molar-refractivity contribution in [2.45, 2.75) is 47.0 Å². The summed E-state index contributed by atoms with van der Waals surface area (Å²) >= 11 is 0. The van der Waals surface area contributed by atoms with Crippen LogP contribution in [0.4, 0.5) is 0 Å². The fraction of sp³-hybridized carbons (Fsp3) is 0.800. The molecule has 0 aliphatic heterocycles. The van der Waals surface area contributed by atoms with Gasteiger partial charge < -0.3 is 4.74 Å². The Morgan fingerprint density at radius 1 is 1.41 bits per heavy atom. The van der Waals surface area contributed by atoms with Crippen LogP contribution in [0.5, 0.6) is 0 Å². The van der Waals surface area contributed by atoms with Gasteiger partial charge in [-0.15, -0.1) is 0 Å². The van der Waals surface area contributed by atoms with Gasteiger partial charge in [0, 0.05) is 0 Å². The summed E-state index contributed by atoms with van der Waals surface area (Å²) in [6, 6.07) is 0. The van der Waals surface area contributed by atoms with E-state index in [1.54, 1.807) is 0 Å². The SMILES string of the molecule is CCOC(=O)C1C=[C]C(C(CC)C(C)C)CC1. The van der Waals surface area contributed by atoms with E-state index in [-0.39, 0.29) is 11.9 Å². The first-order valence-electron chi connectivity index (χ1n) is 6.86. The van der Waals surface area contributed by atoms with Gasteiger partial charge in [-0.2, -0.15) is 0 Å². The molecular weight excluding hydrogens is 212 g/mol. The highest BCUT2D eigenvalue weighted by Crippen LogP contribution is 2.33. The Labute approximate surface area is 105 Å². The normalized spacial score (nSPS) is 25.9. The van der Waals surface area contributed by atoms with Crippen molar-refractivity contribution in [2.75, 3.05) is 6.61 Å². The van der Waals surface area contributed by atoms with Gasteiger partial charge in [0.2, 0.25) is 0 Å². The molecule has 0 saturated heterocycles. The fourth-order valence-electron chi connectivity index (χ4n) is 2.76. The van der Waals surface area contributed by atoms with E-state index in [2.05, 4.69) is 26.8 Å². The largest absolute Gasteiger partial charge is 0.466 e. The molecule has 1 aliphatic carbocycles. The maximum Gasteiger partial charge on any atom is 0.312 e. The summed E-state index contributed by atoms with van der Waals surface area (Å²) in [6.45, 7) is 9.10. The highest BCUT2D eigenvalue weighted by Gasteiger charge is 2.28. The van der Waals surface area contributed by atoms with E-state index in [1.807, 2.05) is 13.0 Å². The van der Waals surface area contributed by atoms with Gasteiger partial charge in [-0.05, 0) is 43.6 Å². The quantitative estimate of drug-likeness (QED) is 0.683. The van der Waals surface area contributed by atoms with Crippen LogP contribution in [-0.4, -0.2) is 12.6 Å². The lowest BCUT2D eigenvalue weighted by Gasteiger charge is -2.30. The molecule has 3 unspecified atom stereocenters. The molecular formula is C15H25O2. The predicted molar refractivity (Wildman–Crippen MR) is 69.3 cm³/mol. The van der Waals surface area contributed by atoms with Crippen molar-refractivity contribution in [3.63, 3.8) is 0 Å². The standard InChI is InChI=1S/C15H25O2/c1-5-14(11(3)4)12-7-9-13(10-8-12)15(16)17-6-2/h10-14H,5-7,9H2,1-4H3. The zero-order chi connectivity index (χ0) is 12.8. The number of ether oxygens (including phenoxy) is 1. The predicted octanol–water partition coefficient (Wildman–Crippen LogP) is 3.62. The Bertz CT molecular complexity index is 268. The monoisotopic (exact) mass is 237 g/mol. The zero-order valence-corrected chi connectivity index (χ0v) is 11.5. The molecule has 2 nitrogen and oxygen atoms in total. The minimum Gasteiger partial charge on any atom is -0.466 e. The van der Waals surface area contributed by atoms with Crippen LogP contribution in [0.3, 0.4) is 0 Å². The molecule has 3 atom stereocenters. The average molecular weight is 237 g/mol. The molecule has 0 bridgehead atoms. The first-order chi connectivity index (χ1) is 8.10. The van der Waals surface area contributed by atoms with Crippen LogP contribution in [0.25, 0.3) is 0 Å². The summed E-state index contributed by atoms with van der Waals surface area (Å²) in [6.07, 6.45) is 8.53. The van der Waals surface area contributed by atoms with Crippen molar-refractivity contribution in [3.05, 3.63) is 12.2 Å². The van der Waals surface area contributed by atoms with Crippen LogP contribution in [0.15, 0.2) is 6.08 Å². The Morgan fingerprint density at radius 3 is 2.53 bits per heavy atom. The van der Waals surface area contributed by atoms with E-state index in [9.17, 15) is 4.79 Å². The van der Waals surface area contributed by atoms with E-state index < -0.39 is 0 Å². The molecule has 2 heteroatoms. The van der Waals surface area contributed by atoms with Crippen molar-refractivity contribution in [1.82, 2.24) is 0 Å². The molecule has 0 spiro atoms. The second-order valence-electron chi connectivity index (χ2n) is 5.19. The van der Waals surface area contributed by atoms with Crippen LogP contribution in [0.1, 0.15) is 47.0 Å². The summed E-state index contributed by atoms with van der Waals surface area (Å²) in [5, 5.41) is 0. The summed E-state index contributed by atoms with van der Waals surface area (Å²) < 4.78 is 5.04. The van der Waals surface area contributed by atoms with Crippen molar-refractivity contribution in [2.24, 2.45) is 23.7 Å². The Hall–Kier alpha value is -0.790. The van der Waals surface area contributed by atoms with Crippen molar-refractivity contribution in [1.29, 1.82) is 0 Å². The van der Waals surface area contributed by atoms with Gasteiger partial charge in [0.1, 0.15) is 0 Å². The second kappa shape index (κ2) is 6.83. The van der Waals surface area contributed by atoms with Crippen LogP contribution in [0.2, 0.25) is 0 Å². The Kier molecular flexibility index (Phi) is 5.73. The van der Waals surface area contributed by atoms with E-state index in [0.29, 0.717) is 24.4 Å². The number of allylic oxidation sites excluding steroid dienone is 1. The van der Waals surface area contributed by atoms with Crippen molar-refractivity contribution >= 4 is 5.97 Å². The molecule has 0 fully saturated rings. The lowest BCUT2D eigenvalue weighted by molar-refractivity contribution is -0.146. The Morgan fingerprint density at radius 2 is 2.12 bits per heavy atom. The molecule has 0 aromatic carbocycles. The summed E-state index contributed by atoms with van der Waals surface area (Å²) in [7, 11) is 0. The molecule has 1 aliphatic rings. The molecule has 0 aromatic rings. The molecule has 97 valence electrons. The van der Waals surface area contributed by atoms with Gasteiger partial charge in [0.15, 0.2) is 0 Å². The lowest BCUT2D eigenvalue weighted by Crippen LogP contribution is -2.25. The molecule has 0 amide bonds. The second-order valence-corrected chi connectivity index (χ2v) is 5.19. The third kappa shape index (κ3) is 3.86. The summed E-state index contributed by atoms with van der Waals surface area (Å²) in [5.41, 5.74) is 0. The molecule has 0 heterocycles. The minimum atomic E-state index is -0.0870. The number of carbonyl (C=O) groups is 1. The maximum absolute atomic E-state index is 11.6. The minimum absolute atomic E-state index is 0.0594. The van der Waals surface area contributed by atoms with Crippen LogP contribution in [-0.2, 0) is 9.53 Å². The van der Waals surface area contributed by atoms with Crippen LogP contribution >= 0.6 is 0 Å². The lowest BCUT2D eigenvalue weighted by atomic mass is 9.75. The molecule has 0 N–H and O–H groups in total. The average Bonchev–Trinajstić information content (AvgIpc) is 2.30. The van der Waals surface area contributed by atoms with Gasteiger partial charge >= 0.3 is 5.97 Å². The number of carbonyl (C=O) groups excluding carboxylic acids is 1. The van der Waals surface area contributed by atoms with Gasteiger partial charge in [0.05, 0.1) is 12.5 Å². The molecule has 0 aromatic heterocycles. The molecule has 0 saturated carbocycles. The van der Waals surface area contributed by atoms with Gasteiger partial charge in [0.25, 0.3) is 0 Å². The third-order valence-electron chi connectivity index (χ3n) is 3.73. The number of hydrogen-bond donors (Lipinski definition) is 0. The van der Waals surface area contributed by atoms with E-state index in [1.165, 1.54) is 6.42 Å². The number of esters is 1. The Balaban J connectivity index is 2.56. The van der Waals surface area contributed by atoms with E-state index >= 15 is 0 Å².